The highest BCUT2D eigenvalue weighted by Crippen LogP contribution is 2.22. The van der Waals surface area contributed by atoms with Crippen LogP contribution in [0.5, 0.6) is 0 Å². The first-order valence-corrected chi connectivity index (χ1v) is 4.96. The second-order valence-corrected chi connectivity index (χ2v) is 3.45. The van der Waals surface area contributed by atoms with E-state index in [1.807, 2.05) is 24.3 Å². The Morgan fingerprint density at radius 1 is 1.43 bits per heavy atom. The van der Waals surface area contributed by atoms with Crippen LogP contribution in [0.1, 0.15) is 35.4 Å². The predicted molar refractivity (Wildman–Crippen MR) is 54.9 cm³/mol. The van der Waals surface area contributed by atoms with Crippen molar-refractivity contribution in [3.63, 3.8) is 0 Å². The Morgan fingerprint density at radius 3 is 3.00 bits per heavy atom. The average Bonchev–Trinajstić information content (AvgIpc) is 2.54. The number of hydrogen-bond donors (Lipinski definition) is 2. The van der Waals surface area contributed by atoms with Gasteiger partial charge in [0.15, 0.2) is 0 Å². The Hall–Kier alpha value is -1.35. The Bertz CT molecular complexity index is 349. The van der Waals surface area contributed by atoms with Crippen LogP contribution < -0.4 is 10.6 Å². The summed E-state index contributed by atoms with van der Waals surface area (Å²) in [5, 5.41) is 6.19. The van der Waals surface area contributed by atoms with Crippen LogP contribution in [0.25, 0.3) is 0 Å². The molecule has 1 aromatic carbocycles. The summed E-state index contributed by atoms with van der Waals surface area (Å²) in [6, 6.07) is 7.69. The fourth-order valence-electron chi connectivity index (χ4n) is 1.69. The molecule has 0 fully saturated rings. The SMILES string of the molecule is CCCNC1NC(=O)c2ccccc21. The molecule has 14 heavy (non-hydrogen) atoms. The quantitative estimate of drug-likeness (QED) is 0.757. The molecular weight excluding hydrogens is 176 g/mol. The summed E-state index contributed by atoms with van der Waals surface area (Å²) in [7, 11) is 0. The highest BCUT2D eigenvalue weighted by Gasteiger charge is 2.26. The van der Waals surface area contributed by atoms with E-state index in [2.05, 4.69) is 17.6 Å². The molecule has 3 heteroatoms. The largest absolute Gasteiger partial charge is 0.333 e. The third kappa shape index (κ3) is 1.51. The Labute approximate surface area is 83.5 Å². The first-order chi connectivity index (χ1) is 6.83. The maximum Gasteiger partial charge on any atom is 0.253 e. The lowest BCUT2D eigenvalue weighted by Gasteiger charge is -2.12. The fraction of sp³-hybridized carbons (Fsp3) is 0.364. The molecule has 0 bridgehead atoms. The second kappa shape index (κ2) is 3.80. The van der Waals surface area contributed by atoms with Crippen molar-refractivity contribution in [2.24, 2.45) is 0 Å². The maximum atomic E-state index is 11.5. The molecule has 0 saturated carbocycles. The van der Waals surface area contributed by atoms with Crippen LogP contribution in [0.15, 0.2) is 24.3 Å². The summed E-state index contributed by atoms with van der Waals surface area (Å²) in [6.45, 7) is 3.02. The van der Waals surface area contributed by atoms with E-state index in [0.717, 1.165) is 24.1 Å². The first-order valence-electron chi connectivity index (χ1n) is 4.96. The summed E-state index contributed by atoms with van der Waals surface area (Å²) in [5.74, 6) is 0.0224. The lowest BCUT2D eigenvalue weighted by molar-refractivity contribution is 0.0951. The Balaban J connectivity index is 2.21. The number of rotatable bonds is 3. The summed E-state index contributed by atoms with van der Waals surface area (Å²) in [4.78, 5) is 11.5. The van der Waals surface area contributed by atoms with Crippen LogP contribution >= 0.6 is 0 Å². The molecule has 0 aliphatic carbocycles. The predicted octanol–water partition coefficient (Wildman–Crippen LogP) is 1.43. The van der Waals surface area contributed by atoms with E-state index >= 15 is 0 Å². The van der Waals surface area contributed by atoms with Gasteiger partial charge in [0.2, 0.25) is 0 Å². The number of nitrogens with one attached hydrogen (secondary N) is 2. The van der Waals surface area contributed by atoms with Crippen LogP contribution in [0.4, 0.5) is 0 Å². The van der Waals surface area contributed by atoms with Gasteiger partial charge < -0.3 is 5.32 Å². The molecule has 1 heterocycles. The number of carbonyl (C=O) groups is 1. The van der Waals surface area contributed by atoms with Gasteiger partial charge in [-0.1, -0.05) is 25.1 Å². The lowest BCUT2D eigenvalue weighted by Crippen LogP contribution is -2.31. The molecule has 1 aromatic rings. The fourth-order valence-corrected chi connectivity index (χ4v) is 1.69. The van der Waals surface area contributed by atoms with E-state index < -0.39 is 0 Å². The number of benzene rings is 1. The van der Waals surface area contributed by atoms with Crippen molar-refractivity contribution in [2.75, 3.05) is 6.54 Å². The molecule has 2 rings (SSSR count). The van der Waals surface area contributed by atoms with Crippen LogP contribution in [0, 0.1) is 0 Å². The average molecular weight is 190 g/mol. The zero-order valence-corrected chi connectivity index (χ0v) is 8.21. The number of amides is 1. The van der Waals surface area contributed by atoms with Crippen molar-refractivity contribution in [1.82, 2.24) is 10.6 Å². The molecule has 0 saturated heterocycles. The zero-order chi connectivity index (χ0) is 9.97. The van der Waals surface area contributed by atoms with Crippen molar-refractivity contribution in [3.05, 3.63) is 35.4 Å². The molecule has 0 aromatic heterocycles. The van der Waals surface area contributed by atoms with Crippen molar-refractivity contribution < 1.29 is 4.79 Å². The van der Waals surface area contributed by atoms with E-state index in [-0.39, 0.29) is 12.1 Å². The van der Waals surface area contributed by atoms with E-state index in [1.54, 1.807) is 0 Å². The van der Waals surface area contributed by atoms with Crippen molar-refractivity contribution >= 4 is 5.91 Å². The van der Waals surface area contributed by atoms with Crippen LogP contribution in [0.3, 0.4) is 0 Å². The van der Waals surface area contributed by atoms with Crippen molar-refractivity contribution in [1.29, 1.82) is 0 Å². The monoisotopic (exact) mass is 190 g/mol. The van der Waals surface area contributed by atoms with E-state index in [9.17, 15) is 4.79 Å². The molecule has 1 aliphatic heterocycles. The molecule has 1 unspecified atom stereocenters. The summed E-state index contributed by atoms with van der Waals surface area (Å²) in [5.41, 5.74) is 1.85. The van der Waals surface area contributed by atoms with Gasteiger partial charge in [-0.05, 0) is 19.0 Å². The summed E-state index contributed by atoms with van der Waals surface area (Å²) in [6.07, 6.45) is 1.06. The summed E-state index contributed by atoms with van der Waals surface area (Å²) < 4.78 is 0. The number of carbonyl (C=O) groups excluding carboxylic acids is 1. The molecule has 1 aliphatic rings. The molecule has 0 spiro atoms. The topological polar surface area (TPSA) is 41.1 Å². The van der Waals surface area contributed by atoms with E-state index in [0.29, 0.717) is 0 Å². The Kier molecular flexibility index (Phi) is 2.50. The van der Waals surface area contributed by atoms with Crippen LogP contribution in [-0.4, -0.2) is 12.5 Å². The lowest BCUT2D eigenvalue weighted by atomic mass is 10.1. The minimum atomic E-state index is -0.00125. The van der Waals surface area contributed by atoms with Crippen molar-refractivity contribution in [2.45, 2.75) is 19.5 Å². The van der Waals surface area contributed by atoms with E-state index in [4.69, 9.17) is 0 Å². The summed E-state index contributed by atoms with van der Waals surface area (Å²) >= 11 is 0. The van der Waals surface area contributed by atoms with Gasteiger partial charge in [0.1, 0.15) is 6.17 Å². The molecule has 3 nitrogen and oxygen atoms in total. The zero-order valence-electron chi connectivity index (χ0n) is 8.21. The molecular formula is C11H14N2O. The van der Waals surface area contributed by atoms with Gasteiger partial charge in [-0.2, -0.15) is 0 Å². The molecule has 1 amide bonds. The highest BCUT2D eigenvalue weighted by atomic mass is 16.2. The normalized spacial score (nSPS) is 19.2. The van der Waals surface area contributed by atoms with Crippen molar-refractivity contribution in [3.8, 4) is 0 Å². The highest BCUT2D eigenvalue weighted by molar-refractivity contribution is 5.98. The second-order valence-electron chi connectivity index (χ2n) is 3.45. The third-order valence-corrected chi connectivity index (χ3v) is 2.39. The standard InChI is InChI=1S/C11H14N2O/c1-2-7-12-10-8-5-3-4-6-9(8)11(14)13-10/h3-6,10,12H,2,7H2,1H3,(H,13,14). The Morgan fingerprint density at radius 2 is 2.21 bits per heavy atom. The first kappa shape index (κ1) is 9.21. The molecule has 1 atom stereocenters. The maximum absolute atomic E-state index is 11.5. The number of hydrogen-bond acceptors (Lipinski definition) is 2. The smallest absolute Gasteiger partial charge is 0.253 e. The van der Waals surface area contributed by atoms with Gasteiger partial charge >= 0.3 is 0 Å². The third-order valence-electron chi connectivity index (χ3n) is 2.39. The minimum absolute atomic E-state index is 0.00125. The van der Waals surface area contributed by atoms with Gasteiger partial charge in [-0.3, -0.25) is 10.1 Å². The van der Waals surface area contributed by atoms with Crippen LogP contribution in [0.2, 0.25) is 0 Å². The molecule has 0 radical (unpaired) electrons. The minimum Gasteiger partial charge on any atom is -0.333 e. The van der Waals surface area contributed by atoms with Gasteiger partial charge in [0.25, 0.3) is 5.91 Å². The molecule has 74 valence electrons. The van der Waals surface area contributed by atoms with E-state index in [1.165, 1.54) is 0 Å². The van der Waals surface area contributed by atoms with Gasteiger partial charge in [0.05, 0.1) is 0 Å². The molecule has 2 N–H and O–H groups in total. The van der Waals surface area contributed by atoms with Crippen LogP contribution in [-0.2, 0) is 0 Å². The van der Waals surface area contributed by atoms with Gasteiger partial charge in [-0.15, -0.1) is 0 Å². The number of fused-ring (bicyclic) bond motifs is 1. The van der Waals surface area contributed by atoms with Gasteiger partial charge in [-0.25, -0.2) is 0 Å². The van der Waals surface area contributed by atoms with Gasteiger partial charge in [0, 0.05) is 11.1 Å².